The van der Waals surface area contributed by atoms with Crippen LogP contribution >= 0.6 is 0 Å². The number of nitrogen functional groups attached to an aromatic ring is 1. The fourth-order valence-corrected chi connectivity index (χ4v) is 2.65. The molecule has 22 heavy (non-hydrogen) atoms. The highest BCUT2D eigenvalue weighted by Gasteiger charge is 2.22. The lowest BCUT2D eigenvalue weighted by molar-refractivity contribution is 0.632. The molecule has 0 saturated carbocycles. The van der Waals surface area contributed by atoms with Crippen molar-refractivity contribution in [2.45, 2.75) is 19.9 Å². The molecule has 7 heteroatoms. The second kappa shape index (κ2) is 5.95. The number of pyridine rings is 1. The van der Waals surface area contributed by atoms with Crippen LogP contribution in [0.1, 0.15) is 23.7 Å². The number of fused-ring (bicyclic) bond motifs is 1. The minimum Gasteiger partial charge on any atom is -0.383 e. The van der Waals surface area contributed by atoms with E-state index in [4.69, 9.17) is 5.73 Å². The van der Waals surface area contributed by atoms with Gasteiger partial charge in [-0.15, -0.1) is 0 Å². The molecule has 3 heterocycles. The molecule has 1 aliphatic heterocycles. The number of nitrogens with one attached hydrogen (secondary N) is 2. The minimum atomic E-state index is 0.272. The van der Waals surface area contributed by atoms with E-state index in [1.54, 1.807) is 12.4 Å². The van der Waals surface area contributed by atoms with Crippen LogP contribution in [0.25, 0.3) is 11.1 Å². The molecular formula is C15H17N7. The zero-order chi connectivity index (χ0) is 15.5. The summed E-state index contributed by atoms with van der Waals surface area (Å²) in [7, 11) is 0. The summed E-state index contributed by atoms with van der Waals surface area (Å²) in [4.78, 5) is 13.0. The maximum absolute atomic E-state index is 9.46. The summed E-state index contributed by atoms with van der Waals surface area (Å²) in [5.41, 5.74) is 9.89. The van der Waals surface area contributed by atoms with E-state index in [9.17, 15) is 5.26 Å². The molecule has 0 aliphatic carbocycles. The maximum Gasteiger partial charge on any atom is 0.222 e. The highest BCUT2D eigenvalue weighted by molar-refractivity contribution is 5.78. The van der Waals surface area contributed by atoms with Gasteiger partial charge in [0.25, 0.3) is 0 Å². The highest BCUT2D eigenvalue weighted by atomic mass is 15.1. The molecule has 1 aliphatic rings. The van der Waals surface area contributed by atoms with Gasteiger partial charge < -0.3 is 16.4 Å². The van der Waals surface area contributed by atoms with E-state index in [-0.39, 0.29) is 5.82 Å². The standard InChI is InChI=1S/C15H17N7/c1-2-19-15-20-6-9(7-21-15)13-10(5-16)14(17)22-12-3-4-18-8-11(12)13/h6-7,18H,2-4,8H2,1H3,(H2,17,22)(H,19,20,21). The van der Waals surface area contributed by atoms with Crippen molar-refractivity contribution >= 4 is 11.8 Å². The number of rotatable bonds is 3. The van der Waals surface area contributed by atoms with Crippen molar-refractivity contribution in [3.05, 3.63) is 29.2 Å². The zero-order valence-electron chi connectivity index (χ0n) is 12.3. The van der Waals surface area contributed by atoms with Gasteiger partial charge in [-0.1, -0.05) is 0 Å². The molecule has 0 unspecified atom stereocenters. The summed E-state index contributed by atoms with van der Waals surface area (Å²) in [6.45, 7) is 4.27. The van der Waals surface area contributed by atoms with E-state index in [0.717, 1.165) is 41.9 Å². The van der Waals surface area contributed by atoms with Gasteiger partial charge in [-0.25, -0.2) is 15.0 Å². The predicted octanol–water partition coefficient (Wildman–Crippen LogP) is 1.07. The molecule has 4 N–H and O–H groups in total. The second-order valence-corrected chi connectivity index (χ2v) is 5.04. The Morgan fingerprint density at radius 2 is 2.18 bits per heavy atom. The van der Waals surface area contributed by atoms with Crippen molar-refractivity contribution < 1.29 is 0 Å². The van der Waals surface area contributed by atoms with Crippen LogP contribution in [-0.4, -0.2) is 28.0 Å². The SMILES string of the molecule is CCNc1ncc(-c2c(C#N)c(N)nc3c2CNCC3)cn1. The molecule has 2 aromatic rings. The predicted molar refractivity (Wildman–Crippen MR) is 84.0 cm³/mol. The molecule has 0 spiro atoms. The molecule has 0 amide bonds. The van der Waals surface area contributed by atoms with Crippen LogP contribution < -0.4 is 16.4 Å². The van der Waals surface area contributed by atoms with Gasteiger partial charge in [0.2, 0.25) is 5.95 Å². The minimum absolute atomic E-state index is 0.272. The van der Waals surface area contributed by atoms with Crippen molar-refractivity contribution in [3.63, 3.8) is 0 Å². The average molecular weight is 295 g/mol. The first-order chi connectivity index (χ1) is 10.7. The van der Waals surface area contributed by atoms with Gasteiger partial charge in [0.15, 0.2) is 0 Å². The van der Waals surface area contributed by atoms with Gasteiger partial charge in [-0.05, 0) is 12.5 Å². The Morgan fingerprint density at radius 1 is 1.41 bits per heavy atom. The monoisotopic (exact) mass is 295 g/mol. The summed E-state index contributed by atoms with van der Waals surface area (Å²) in [6.07, 6.45) is 4.24. The smallest absolute Gasteiger partial charge is 0.222 e. The Bertz CT molecular complexity index is 731. The Morgan fingerprint density at radius 3 is 2.86 bits per heavy atom. The lowest BCUT2D eigenvalue weighted by Gasteiger charge is -2.21. The van der Waals surface area contributed by atoms with E-state index in [0.29, 0.717) is 18.1 Å². The van der Waals surface area contributed by atoms with Crippen LogP contribution in [0.15, 0.2) is 12.4 Å². The summed E-state index contributed by atoms with van der Waals surface area (Å²) in [6, 6.07) is 2.17. The average Bonchev–Trinajstić information content (AvgIpc) is 2.55. The third-order valence-corrected chi connectivity index (χ3v) is 3.64. The largest absolute Gasteiger partial charge is 0.383 e. The van der Waals surface area contributed by atoms with E-state index in [2.05, 4.69) is 31.7 Å². The third kappa shape index (κ3) is 2.44. The number of hydrogen-bond acceptors (Lipinski definition) is 7. The molecule has 0 atom stereocenters. The first-order valence-corrected chi connectivity index (χ1v) is 7.23. The second-order valence-electron chi connectivity index (χ2n) is 5.04. The van der Waals surface area contributed by atoms with E-state index in [1.807, 2.05) is 6.92 Å². The van der Waals surface area contributed by atoms with Crippen LogP contribution in [0.2, 0.25) is 0 Å². The molecular weight excluding hydrogens is 278 g/mol. The lowest BCUT2D eigenvalue weighted by Crippen LogP contribution is -2.26. The molecule has 2 aromatic heterocycles. The van der Waals surface area contributed by atoms with E-state index in [1.165, 1.54) is 0 Å². The highest BCUT2D eigenvalue weighted by Crippen LogP contribution is 2.32. The first-order valence-electron chi connectivity index (χ1n) is 7.23. The van der Waals surface area contributed by atoms with Gasteiger partial charge >= 0.3 is 0 Å². The fourth-order valence-electron chi connectivity index (χ4n) is 2.65. The summed E-state index contributed by atoms with van der Waals surface area (Å²) >= 11 is 0. The fraction of sp³-hybridized carbons (Fsp3) is 0.333. The van der Waals surface area contributed by atoms with Gasteiger partial charge in [-0.2, -0.15) is 5.26 Å². The Labute approximate surface area is 128 Å². The molecule has 3 rings (SSSR count). The van der Waals surface area contributed by atoms with Gasteiger partial charge in [0, 0.05) is 55.3 Å². The van der Waals surface area contributed by atoms with Crippen molar-refractivity contribution in [2.24, 2.45) is 0 Å². The summed E-state index contributed by atoms with van der Waals surface area (Å²) in [5, 5.41) is 15.8. The number of nitriles is 1. The van der Waals surface area contributed by atoms with Crippen molar-refractivity contribution in [3.8, 4) is 17.2 Å². The molecule has 0 aromatic carbocycles. The number of nitrogens with zero attached hydrogens (tertiary/aromatic N) is 4. The van der Waals surface area contributed by atoms with Crippen molar-refractivity contribution in [1.82, 2.24) is 20.3 Å². The number of nitrogens with two attached hydrogens (primary N) is 1. The normalized spacial score (nSPS) is 13.3. The molecule has 0 bridgehead atoms. The van der Waals surface area contributed by atoms with Crippen LogP contribution in [-0.2, 0) is 13.0 Å². The van der Waals surface area contributed by atoms with Gasteiger partial charge in [-0.3, -0.25) is 0 Å². The maximum atomic E-state index is 9.46. The number of anilines is 2. The summed E-state index contributed by atoms with van der Waals surface area (Å²) in [5.74, 6) is 0.840. The van der Waals surface area contributed by atoms with E-state index >= 15 is 0 Å². The van der Waals surface area contributed by atoms with E-state index < -0.39 is 0 Å². The third-order valence-electron chi connectivity index (χ3n) is 3.64. The van der Waals surface area contributed by atoms with Gasteiger partial charge in [0.1, 0.15) is 17.5 Å². The lowest BCUT2D eigenvalue weighted by atomic mass is 9.93. The Kier molecular flexibility index (Phi) is 3.85. The van der Waals surface area contributed by atoms with Gasteiger partial charge in [0.05, 0.1) is 0 Å². The van der Waals surface area contributed by atoms with Crippen molar-refractivity contribution in [2.75, 3.05) is 24.1 Å². The Balaban J connectivity index is 2.16. The molecule has 0 radical (unpaired) electrons. The Hall–Kier alpha value is -2.72. The van der Waals surface area contributed by atoms with Crippen LogP contribution in [0.3, 0.4) is 0 Å². The summed E-state index contributed by atoms with van der Waals surface area (Å²) < 4.78 is 0. The number of aromatic nitrogens is 3. The molecule has 0 saturated heterocycles. The van der Waals surface area contributed by atoms with Crippen LogP contribution in [0.5, 0.6) is 0 Å². The quantitative estimate of drug-likeness (QED) is 0.776. The molecule has 7 nitrogen and oxygen atoms in total. The van der Waals surface area contributed by atoms with Crippen LogP contribution in [0.4, 0.5) is 11.8 Å². The topological polar surface area (TPSA) is 113 Å². The zero-order valence-corrected chi connectivity index (χ0v) is 12.3. The molecule has 0 fully saturated rings. The number of hydrogen-bond donors (Lipinski definition) is 3. The van der Waals surface area contributed by atoms with Crippen LogP contribution in [0, 0.1) is 11.3 Å². The first kappa shape index (κ1) is 14.2. The van der Waals surface area contributed by atoms with Crippen molar-refractivity contribution in [1.29, 1.82) is 5.26 Å². The molecule has 112 valence electrons.